The molecule has 2 heteroatoms. The van der Waals surface area contributed by atoms with Crippen molar-refractivity contribution in [2.24, 2.45) is 0 Å². The Labute approximate surface area is 71.6 Å². The van der Waals surface area contributed by atoms with E-state index in [4.69, 9.17) is 0 Å². The molecule has 0 amide bonds. The Morgan fingerprint density at radius 3 is 1.92 bits per heavy atom. The molecule has 0 radical (unpaired) electrons. The van der Waals surface area contributed by atoms with Crippen molar-refractivity contribution >= 4 is 0 Å². The van der Waals surface area contributed by atoms with Crippen molar-refractivity contribution in [3.8, 4) is 0 Å². The largest absolute Gasteiger partial charge is 0.212 e. The van der Waals surface area contributed by atoms with E-state index in [2.05, 4.69) is 13.2 Å². The van der Waals surface area contributed by atoms with Crippen molar-refractivity contribution in [1.82, 2.24) is 0 Å². The molecule has 0 aliphatic rings. The van der Waals surface area contributed by atoms with Gasteiger partial charge in [-0.2, -0.15) is 0 Å². The summed E-state index contributed by atoms with van der Waals surface area (Å²) in [5.74, 6) is -1.00. The van der Waals surface area contributed by atoms with Crippen LogP contribution in [0.3, 0.4) is 0 Å². The normalized spacial score (nSPS) is 13.0. The van der Waals surface area contributed by atoms with Crippen molar-refractivity contribution in [2.75, 3.05) is 0 Å². The van der Waals surface area contributed by atoms with E-state index < -0.39 is 11.7 Å². The monoisotopic (exact) mass is 170 g/mol. The SMILES string of the molecule is C=C(C)C(=C)C(F)=CC=C(C)F. The van der Waals surface area contributed by atoms with Gasteiger partial charge in [0.05, 0.1) is 5.83 Å². The van der Waals surface area contributed by atoms with Crippen LogP contribution < -0.4 is 0 Å². The van der Waals surface area contributed by atoms with Crippen LogP contribution in [-0.2, 0) is 0 Å². The lowest BCUT2D eigenvalue weighted by Gasteiger charge is -1.98. The highest BCUT2D eigenvalue weighted by Crippen LogP contribution is 2.16. The second-order valence-corrected chi connectivity index (χ2v) is 2.53. The van der Waals surface area contributed by atoms with E-state index >= 15 is 0 Å². The molecule has 0 aromatic carbocycles. The molecule has 0 saturated heterocycles. The molecule has 0 fully saturated rings. The van der Waals surface area contributed by atoms with Crippen LogP contribution in [-0.4, -0.2) is 0 Å². The van der Waals surface area contributed by atoms with E-state index in [1.165, 1.54) is 6.92 Å². The quantitative estimate of drug-likeness (QED) is 0.564. The van der Waals surface area contributed by atoms with Crippen LogP contribution in [0.15, 0.2) is 48.1 Å². The van der Waals surface area contributed by atoms with E-state index in [1.54, 1.807) is 6.92 Å². The van der Waals surface area contributed by atoms with Crippen LogP contribution >= 0.6 is 0 Å². The van der Waals surface area contributed by atoms with E-state index in [1.807, 2.05) is 0 Å². The van der Waals surface area contributed by atoms with Crippen molar-refractivity contribution in [2.45, 2.75) is 13.8 Å². The first-order valence-corrected chi connectivity index (χ1v) is 3.50. The number of rotatable bonds is 3. The molecule has 0 aliphatic heterocycles. The lowest BCUT2D eigenvalue weighted by atomic mass is 10.1. The van der Waals surface area contributed by atoms with E-state index in [9.17, 15) is 8.78 Å². The Morgan fingerprint density at radius 2 is 1.58 bits per heavy atom. The zero-order valence-electron chi connectivity index (χ0n) is 7.32. The van der Waals surface area contributed by atoms with Gasteiger partial charge in [0.2, 0.25) is 0 Å². The van der Waals surface area contributed by atoms with Gasteiger partial charge < -0.3 is 0 Å². The molecule has 0 atom stereocenters. The van der Waals surface area contributed by atoms with Gasteiger partial charge in [-0.25, -0.2) is 8.78 Å². The predicted molar refractivity (Wildman–Crippen MR) is 48.0 cm³/mol. The fourth-order valence-electron chi connectivity index (χ4n) is 0.492. The maximum atomic E-state index is 12.9. The van der Waals surface area contributed by atoms with Crippen molar-refractivity contribution < 1.29 is 8.78 Å². The minimum Gasteiger partial charge on any atom is -0.212 e. The van der Waals surface area contributed by atoms with Gasteiger partial charge >= 0.3 is 0 Å². The van der Waals surface area contributed by atoms with Gasteiger partial charge in [0.1, 0.15) is 5.83 Å². The summed E-state index contributed by atoms with van der Waals surface area (Å²) in [4.78, 5) is 0. The van der Waals surface area contributed by atoms with Crippen molar-refractivity contribution in [3.05, 3.63) is 48.1 Å². The molecule has 0 bridgehead atoms. The Kier molecular flexibility index (Phi) is 4.19. The third kappa shape index (κ3) is 3.86. The highest BCUT2D eigenvalue weighted by atomic mass is 19.1. The van der Waals surface area contributed by atoms with Gasteiger partial charge in [-0.05, 0) is 31.6 Å². The zero-order valence-corrected chi connectivity index (χ0v) is 7.32. The second kappa shape index (κ2) is 4.65. The first-order chi connectivity index (χ1) is 5.45. The first-order valence-electron chi connectivity index (χ1n) is 3.50. The summed E-state index contributed by atoms with van der Waals surface area (Å²) in [5.41, 5.74) is 0.737. The Bertz CT molecular complexity index is 253. The average Bonchev–Trinajstić information content (AvgIpc) is 1.98. The number of hydrogen-bond donors (Lipinski definition) is 0. The predicted octanol–water partition coefficient (Wildman–Crippen LogP) is 3.85. The molecule has 66 valence electrons. The highest BCUT2D eigenvalue weighted by molar-refractivity contribution is 5.39. The fourth-order valence-corrected chi connectivity index (χ4v) is 0.492. The summed E-state index contributed by atoms with van der Waals surface area (Å²) in [6, 6.07) is 0. The van der Waals surface area contributed by atoms with Crippen molar-refractivity contribution in [3.63, 3.8) is 0 Å². The van der Waals surface area contributed by atoms with Crippen LogP contribution in [0.1, 0.15) is 13.8 Å². The maximum absolute atomic E-state index is 12.9. The minimum atomic E-state index is -0.556. The average molecular weight is 170 g/mol. The highest BCUT2D eigenvalue weighted by Gasteiger charge is 1.99. The van der Waals surface area contributed by atoms with Crippen molar-refractivity contribution in [1.29, 1.82) is 0 Å². The fraction of sp³-hybridized carbons (Fsp3) is 0.200. The van der Waals surface area contributed by atoms with Gasteiger partial charge in [0.15, 0.2) is 0 Å². The summed E-state index contributed by atoms with van der Waals surface area (Å²) >= 11 is 0. The van der Waals surface area contributed by atoms with Gasteiger partial charge in [0.25, 0.3) is 0 Å². The van der Waals surface area contributed by atoms with E-state index in [-0.39, 0.29) is 5.57 Å². The van der Waals surface area contributed by atoms with E-state index in [0.29, 0.717) is 5.57 Å². The van der Waals surface area contributed by atoms with Crippen LogP contribution in [0.5, 0.6) is 0 Å². The van der Waals surface area contributed by atoms with Gasteiger partial charge in [-0.1, -0.05) is 13.2 Å². The molecular formula is C10H12F2. The first kappa shape index (κ1) is 10.8. The maximum Gasteiger partial charge on any atom is 0.130 e. The van der Waals surface area contributed by atoms with Crippen LogP contribution in [0.2, 0.25) is 0 Å². The smallest absolute Gasteiger partial charge is 0.130 e. The molecule has 12 heavy (non-hydrogen) atoms. The molecule has 0 nitrogen and oxygen atoms in total. The molecule has 0 aliphatic carbocycles. The van der Waals surface area contributed by atoms with Crippen LogP contribution in [0, 0.1) is 0 Å². The minimum absolute atomic E-state index is 0.201. The van der Waals surface area contributed by atoms with Gasteiger partial charge in [-0.3, -0.25) is 0 Å². The summed E-state index contributed by atoms with van der Waals surface area (Å²) in [6.07, 6.45) is 2.08. The molecule has 0 aromatic heterocycles. The molecule has 0 N–H and O–H groups in total. The molecule has 0 spiro atoms. The topological polar surface area (TPSA) is 0 Å². The number of halogens is 2. The van der Waals surface area contributed by atoms with Gasteiger partial charge in [-0.15, -0.1) is 0 Å². The lowest BCUT2D eigenvalue weighted by Crippen LogP contribution is -1.81. The summed E-state index contributed by atoms with van der Waals surface area (Å²) in [7, 11) is 0. The van der Waals surface area contributed by atoms with Crippen LogP contribution in [0.25, 0.3) is 0 Å². The third-order valence-electron chi connectivity index (χ3n) is 1.26. The Balaban J connectivity index is 4.49. The summed E-state index contributed by atoms with van der Waals surface area (Å²) in [6.45, 7) is 9.83. The molecule has 0 aromatic rings. The summed E-state index contributed by atoms with van der Waals surface area (Å²) < 4.78 is 25.0. The third-order valence-corrected chi connectivity index (χ3v) is 1.26. The van der Waals surface area contributed by atoms with Gasteiger partial charge in [0, 0.05) is 5.57 Å². The Morgan fingerprint density at radius 1 is 1.08 bits per heavy atom. The zero-order chi connectivity index (χ0) is 9.72. The molecule has 0 saturated carbocycles. The second-order valence-electron chi connectivity index (χ2n) is 2.53. The standard InChI is InChI=1S/C10H12F2/c1-7(2)9(4)10(12)6-5-8(3)11/h5-6H,1,4H2,2-3H3. The number of hydrogen-bond acceptors (Lipinski definition) is 0. The van der Waals surface area contributed by atoms with E-state index in [0.717, 1.165) is 12.2 Å². The van der Waals surface area contributed by atoms with Crippen LogP contribution in [0.4, 0.5) is 8.78 Å². The summed E-state index contributed by atoms with van der Waals surface area (Å²) in [5, 5.41) is 0. The lowest BCUT2D eigenvalue weighted by molar-refractivity contribution is 0.634. The molecule has 0 unspecified atom stereocenters. The molecule has 0 heterocycles. The molecule has 0 rings (SSSR count). The number of allylic oxidation sites excluding steroid dienone is 6. The Hall–Kier alpha value is -1.18. The molecular weight excluding hydrogens is 158 g/mol.